The van der Waals surface area contributed by atoms with Gasteiger partial charge in [0.15, 0.2) is 11.7 Å². The van der Waals surface area contributed by atoms with Crippen LogP contribution in [0.3, 0.4) is 0 Å². The minimum atomic E-state index is -1.77. The van der Waals surface area contributed by atoms with Crippen molar-refractivity contribution in [2.75, 3.05) is 0 Å². The molecular weight excluding hydrogens is 450 g/mol. The number of ketones is 1. The predicted octanol–water partition coefficient (Wildman–Crippen LogP) is 4.35. The molecule has 0 amide bonds. The number of carbonyl (C=O) groups is 1. The van der Waals surface area contributed by atoms with Crippen molar-refractivity contribution in [2.24, 2.45) is 5.14 Å². The number of carbonyl (C=O) groups excluding carboxylic acids is 1. The van der Waals surface area contributed by atoms with Crippen LogP contribution in [-0.2, 0) is 16.4 Å². The number of aromatic nitrogens is 3. The summed E-state index contributed by atoms with van der Waals surface area (Å²) in [5, 5.41) is 5.70. The summed E-state index contributed by atoms with van der Waals surface area (Å²) in [4.78, 5) is 25.2. The van der Waals surface area contributed by atoms with Gasteiger partial charge in [-0.3, -0.25) is 9.93 Å². The molecule has 0 saturated heterocycles. The Balaban J connectivity index is 2.16. The lowest BCUT2D eigenvalue weighted by atomic mass is 9.71. The van der Waals surface area contributed by atoms with Gasteiger partial charge in [-0.1, -0.05) is 6.92 Å². The van der Waals surface area contributed by atoms with Crippen LogP contribution in [0.2, 0.25) is 0 Å². The normalized spacial score (nSPS) is 14.7. The van der Waals surface area contributed by atoms with Crippen molar-refractivity contribution in [2.45, 2.75) is 57.6 Å². The molecule has 0 saturated carbocycles. The quantitative estimate of drug-likeness (QED) is 0.484. The number of rotatable bonds is 8. The van der Waals surface area contributed by atoms with E-state index in [1.165, 1.54) is 24.8 Å². The number of benzene rings is 1. The van der Waals surface area contributed by atoms with Gasteiger partial charge in [-0.15, -0.1) is 0 Å². The van der Waals surface area contributed by atoms with Gasteiger partial charge in [-0.25, -0.2) is 27.9 Å². The summed E-state index contributed by atoms with van der Waals surface area (Å²) in [6, 6.07) is 2.13. The van der Waals surface area contributed by atoms with Gasteiger partial charge in [0, 0.05) is 48.3 Å². The summed E-state index contributed by atoms with van der Waals surface area (Å²) in [6.45, 7) is 8.26. The number of nitrogens with zero attached hydrogens (tertiary/aromatic N) is 3. The highest BCUT2D eigenvalue weighted by atomic mass is 32.2. The van der Waals surface area contributed by atoms with E-state index in [0.717, 1.165) is 6.07 Å². The molecule has 3 rings (SSSR count). The van der Waals surface area contributed by atoms with Crippen molar-refractivity contribution in [3.63, 3.8) is 0 Å². The molecule has 33 heavy (non-hydrogen) atoms. The molecule has 176 valence electrons. The lowest BCUT2D eigenvalue weighted by molar-refractivity contribution is 0.0940. The van der Waals surface area contributed by atoms with E-state index in [-0.39, 0.29) is 35.4 Å². The number of nitrogens with two attached hydrogens (primary N) is 1. The molecule has 0 fully saturated rings. The van der Waals surface area contributed by atoms with Crippen molar-refractivity contribution in [3.8, 4) is 11.1 Å². The lowest BCUT2D eigenvalue weighted by Gasteiger charge is -2.36. The second kappa shape index (κ2) is 9.18. The largest absolute Gasteiger partial charge is 0.446 e. The van der Waals surface area contributed by atoms with E-state index in [0.29, 0.717) is 17.2 Å². The molecule has 0 bridgehead atoms. The highest BCUT2D eigenvalue weighted by Crippen LogP contribution is 2.41. The highest BCUT2D eigenvalue weighted by molar-refractivity contribution is 7.84. The van der Waals surface area contributed by atoms with Gasteiger partial charge in [-0.05, 0) is 38.8 Å². The zero-order valence-electron chi connectivity index (χ0n) is 19.1. The van der Waals surface area contributed by atoms with E-state index in [9.17, 15) is 13.4 Å². The molecule has 1 unspecified atom stereocenters. The second-order valence-electron chi connectivity index (χ2n) is 8.97. The van der Waals surface area contributed by atoms with E-state index in [1.54, 1.807) is 34.6 Å². The first kappa shape index (κ1) is 24.8. The molecule has 0 aliphatic rings. The van der Waals surface area contributed by atoms with Crippen molar-refractivity contribution in [3.05, 3.63) is 65.4 Å². The second-order valence-corrected chi connectivity index (χ2v) is 10.7. The molecule has 0 aliphatic heterocycles. The Morgan fingerprint density at radius 1 is 1.12 bits per heavy atom. The third kappa shape index (κ3) is 5.22. The zero-order valence-corrected chi connectivity index (χ0v) is 19.9. The molecule has 0 radical (unpaired) electrons. The summed E-state index contributed by atoms with van der Waals surface area (Å²) in [6.07, 6.45) is 4.02. The van der Waals surface area contributed by atoms with Crippen molar-refractivity contribution >= 4 is 16.8 Å². The first-order valence-electron chi connectivity index (χ1n) is 10.2. The maximum atomic E-state index is 15.2. The molecule has 2 heterocycles. The Labute approximate surface area is 193 Å². The molecule has 0 spiro atoms. The maximum Gasteiger partial charge on any atom is 0.191 e. The van der Waals surface area contributed by atoms with E-state index in [4.69, 9.17) is 9.56 Å². The molecular formula is C23H26F2N4O3S. The Bertz CT molecular complexity index is 1210. The monoisotopic (exact) mass is 476 g/mol. The Kier molecular flexibility index (Phi) is 6.90. The molecule has 1 aromatic carbocycles. The van der Waals surface area contributed by atoms with Gasteiger partial charge in [0.25, 0.3) is 0 Å². The standard InChI is InChI=1S/C23H26F2N4O3S/c1-13-21(29-14(2)32-13)20(30)8-23(5,11-22(3,4)33(26)31)17-6-16(18(24)7-19(17)25)15-9-27-12-28-10-15/h6-7,9-10,12H,8,11,26H2,1-5H3/t23-,33?/m0/s1. The number of hydrogen-bond donors (Lipinski definition) is 1. The highest BCUT2D eigenvalue weighted by Gasteiger charge is 2.41. The van der Waals surface area contributed by atoms with Gasteiger partial charge in [0.2, 0.25) is 0 Å². The fraction of sp³-hybridized carbons (Fsp3) is 0.391. The van der Waals surface area contributed by atoms with Crippen LogP contribution in [0.25, 0.3) is 11.1 Å². The van der Waals surface area contributed by atoms with Crippen LogP contribution in [0.5, 0.6) is 0 Å². The zero-order chi connectivity index (χ0) is 24.6. The van der Waals surface area contributed by atoms with Gasteiger partial charge >= 0.3 is 0 Å². The smallest absolute Gasteiger partial charge is 0.191 e. The summed E-state index contributed by atoms with van der Waals surface area (Å²) >= 11 is 0. The molecule has 3 aromatic rings. The van der Waals surface area contributed by atoms with E-state index in [1.807, 2.05) is 0 Å². The average molecular weight is 477 g/mol. The Hall–Kier alpha value is -2.85. The van der Waals surface area contributed by atoms with Crippen LogP contribution in [-0.4, -0.2) is 29.7 Å². The SMILES string of the molecule is Cc1nc(C(=O)C[C@@](C)(CC(C)(C)S(N)=O)c2cc(-c3cncnc3)c(F)cc2F)c(C)o1. The van der Waals surface area contributed by atoms with Gasteiger partial charge in [-0.2, -0.15) is 0 Å². The van der Waals surface area contributed by atoms with Crippen molar-refractivity contribution in [1.82, 2.24) is 15.0 Å². The van der Waals surface area contributed by atoms with Crippen LogP contribution in [0.4, 0.5) is 8.78 Å². The van der Waals surface area contributed by atoms with Gasteiger partial charge in [0.05, 0.1) is 15.7 Å². The topological polar surface area (TPSA) is 112 Å². The summed E-state index contributed by atoms with van der Waals surface area (Å²) in [5.41, 5.74) is -0.519. The number of aryl methyl sites for hydroxylation is 2. The minimum Gasteiger partial charge on any atom is -0.446 e. The van der Waals surface area contributed by atoms with Crippen LogP contribution in [0.1, 0.15) is 61.3 Å². The van der Waals surface area contributed by atoms with Crippen molar-refractivity contribution < 1.29 is 22.2 Å². The fourth-order valence-corrected chi connectivity index (χ4v) is 4.62. The Morgan fingerprint density at radius 2 is 1.76 bits per heavy atom. The fourth-order valence-electron chi connectivity index (χ4n) is 4.16. The maximum absolute atomic E-state index is 15.2. The number of oxazole rings is 1. The van der Waals surface area contributed by atoms with Crippen LogP contribution in [0, 0.1) is 25.5 Å². The lowest BCUT2D eigenvalue weighted by Crippen LogP contribution is -2.41. The first-order valence-corrected chi connectivity index (χ1v) is 11.4. The molecule has 2 atom stereocenters. The number of halogens is 2. The summed E-state index contributed by atoms with van der Waals surface area (Å²) < 4.78 is 46.6. The van der Waals surface area contributed by atoms with Crippen LogP contribution in [0.15, 0.2) is 35.3 Å². The Morgan fingerprint density at radius 3 is 2.30 bits per heavy atom. The molecule has 2 aromatic heterocycles. The summed E-state index contributed by atoms with van der Waals surface area (Å²) in [5.74, 6) is -1.30. The predicted molar refractivity (Wildman–Crippen MR) is 121 cm³/mol. The minimum absolute atomic E-state index is 0.0814. The number of Topliss-reactive ketones (excluding diaryl/α,β-unsaturated/α-hetero) is 1. The molecule has 2 N–H and O–H groups in total. The third-order valence-corrected chi connectivity index (χ3v) is 6.89. The van der Waals surface area contributed by atoms with Crippen LogP contribution < -0.4 is 5.14 Å². The number of hydrogen-bond acceptors (Lipinski definition) is 6. The van der Waals surface area contributed by atoms with E-state index >= 15 is 4.39 Å². The molecule has 7 nitrogen and oxygen atoms in total. The van der Waals surface area contributed by atoms with Crippen LogP contribution >= 0.6 is 0 Å². The first-order chi connectivity index (χ1) is 15.3. The van der Waals surface area contributed by atoms with E-state index < -0.39 is 32.8 Å². The van der Waals surface area contributed by atoms with Gasteiger partial charge < -0.3 is 4.42 Å². The molecule has 10 heteroatoms. The van der Waals surface area contributed by atoms with Gasteiger partial charge in [0.1, 0.15) is 29.4 Å². The third-order valence-electron chi connectivity index (χ3n) is 5.66. The average Bonchev–Trinajstić information content (AvgIpc) is 3.06. The summed E-state index contributed by atoms with van der Waals surface area (Å²) in [7, 11) is -1.77. The van der Waals surface area contributed by atoms with E-state index in [2.05, 4.69) is 15.0 Å². The molecule has 0 aliphatic carbocycles. The van der Waals surface area contributed by atoms with Crippen molar-refractivity contribution in [1.29, 1.82) is 0 Å².